The van der Waals surface area contributed by atoms with Gasteiger partial charge in [-0.1, -0.05) is 18.5 Å². The molecule has 0 aliphatic rings. The maximum atomic E-state index is 12.8. The largest absolute Gasteiger partial charge is 0.279 e. The van der Waals surface area contributed by atoms with E-state index in [0.29, 0.717) is 4.96 Å². The van der Waals surface area contributed by atoms with Gasteiger partial charge in [-0.3, -0.25) is 4.40 Å². The summed E-state index contributed by atoms with van der Waals surface area (Å²) in [5.41, 5.74) is 0. The van der Waals surface area contributed by atoms with Crippen LogP contribution in [-0.2, 0) is 10.0 Å². The van der Waals surface area contributed by atoms with Crippen molar-refractivity contribution in [3.8, 4) is 0 Å². The fraction of sp³-hybridized carbons (Fsp3) is 0.545. The zero-order chi connectivity index (χ0) is 14.9. The molecule has 2 aromatic heterocycles. The van der Waals surface area contributed by atoms with E-state index in [2.05, 4.69) is 4.98 Å². The molecular weight excluding hydrogens is 338 g/mol. The van der Waals surface area contributed by atoms with Crippen molar-refractivity contribution < 1.29 is 8.42 Å². The van der Waals surface area contributed by atoms with Crippen LogP contribution in [0.3, 0.4) is 0 Å². The second kappa shape index (κ2) is 6.23. The third kappa shape index (κ3) is 2.71. The van der Waals surface area contributed by atoms with E-state index in [9.17, 15) is 8.42 Å². The van der Waals surface area contributed by atoms with Crippen LogP contribution >= 0.6 is 34.7 Å². The Hall–Kier alpha value is -0.280. The number of hydrogen-bond acceptors (Lipinski definition) is 5. The lowest BCUT2D eigenvalue weighted by Gasteiger charge is -2.25. The zero-order valence-corrected chi connectivity index (χ0v) is 14.6. The lowest BCUT2D eigenvalue weighted by molar-refractivity contribution is 0.383. The summed E-state index contributed by atoms with van der Waals surface area (Å²) in [7, 11) is -2.06. The Bertz CT molecular complexity index is 695. The summed E-state index contributed by atoms with van der Waals surface area (Å²) in [6.07, 6.45) is 4.39. The number of halogens is 1. The number of hydrogen-bond donors (Lipinski definition) is 0. The molecule has 1 unspecified atom stereocenters. The molecule has 0 aromatic carbocycles. The first-order valence-corrected chi connectivity index (χ1v) is 10.1. The van der Waals surface area contributed by atoms with Gasteiger partial charge in [0.2, 0.25) is 0 Å². The molecule has 0 saturated heterocycles. The number of thioether (sulfide) groups is 1. The molecule has 2 rings (SSSR count). The highest BCUT2D eigenvalue weighted by Crippen LogP contribution is 2.29. The minimum absolute atomic E-state index is 0.0303. The molecule has 0 N–H and O–H groups in total. The van der Waals surface area contributed by atoms with E-state index in [4.69, 9.17) is 11.6 Å². The highest BCUT2D eigenvalue weighted by atomic mass is 35.5. The van der Waals surface area contributed by atoms with Crippen molar-refractivity contribution in [2.45, 2.75) is 24.4 Å². The monoisotopic (exact) mass is 353 g/mol. The predicted octanol–water partition coefficient (Wildman–Crippen LogP) is 2.81. The molecule has 1 atom stereocenters. The maximum absolute atomic E-state index is 12.8. The molecule has 0 aliphatic carbocycles. The molecule has 0 bridgehead atoms. The van der Waals surface area contributed by atoms with Crippen LogP contribution in [0, 0.1) is 0 Å². The number of aromatic nitrogens is 2. The Balaban J connectivity index is 2.48. The molecule has 5 nitrogen and oxygen atoms in total. The SMILES string of the molecule is CCC(CSC)N(C)S(=O)(=O)c1c(Cl)nc2sccn12. The molecule has 2 aromatic rings. The molecule has 112 valence electrons. The van der Waals surface area contributed by atoms with Gasteiger partial charge in [-0.25, -0.2) is 13.4 Å². The van der Waals surface area contributed by atoms with E-state index >= 15 is 0 Å². The first-order valence-electron chi connectivity index (χ1n) is 6.01. The Morgan fingerprint density at radius 2 is 2.30 bits per heavy atom. The van der Waals surface area contributed by atoms with Gasteiger partial charge in [0.15, 0.2) is 15.1 Å². The van der Waals surface area contributed by atoms with Gasteiger partial charge in [0.25, 0.3) is 10.0 Å². The lowest BCUT2D eigenvalue weighted by Crippen LogP contribution is -2.38. The van der Waals surface area contributed by atoms with Crippen molar-refractivity contribution in [2.75, 3.05) is 19.1 Å². The van der Waals surface area contributed by atoms with Crippen LogP contribution in [0.2, 0.25) is 5.15 Å². The van der Waals surface area contributed by atoms with Gasteiger partial charge in [0.05, 0.1) is 0 Å². The zero-order valence-electron chi connectivity index (χ0n) is 11.4. The van der Waals surface area contributed by atoms with Crippen LogP contribution in [-0.4, -0.2) is 47.2 Å². The van der Waals surface area contributed by atoms with Gasteiger partial charge in [0.1, 0.15) is 0 Å². The van der Waals surface area contributed by atoms with Crippen LogP contribution in [0.4, 0.5) is 0 Å². The smallest absolute Gasteiger partial charge is 0.262 e. The van der Waals surface area contributed by atoms with Crippen molar-refractivity contribution in [1.29, 1.82) is 0 Å². The summed E-state index contributed by atoms with van der Waals surface area (Å²) in [6, 6.07) is -0.0600. The van der Waals surface area contributed by atoms with Crippen LogP contribution in [0.5, 0.6) is 0 Å². The van der Waals surface area contributed by atoms with Crippen LogP contribution in [0.25, 0.3) is 4.96 Å². The Morgan fingerprint density at radius 3 is 2.90 bits per heavy atom. The summed E-state index contributed by atoms with van der Waals surface area (Å²) in [6.45, 7) is 1.98. The Kier molecular flexibility index (Phi) is 5.01. The van der Waals surface area contributed by atoms with Gasteiger partial charge in [-0.2, -0.15) is 16.1 Å². The Morgan fingerprint density at radius 1 is 1.60 bits per heavy atom. The van der Waals surface area contributed by atoms with Gasteiger partial charge in [0, 0.05) is 30.4 Å². The first-order chi connectivity index (χ1) is 9.43. The molecule has 0 fully saturated rings. The van der Waals surface area contributed by atoms with Gasteiger partial charge in [-0.05, 0) is 12.7 Å². The second-order valence-corrected chi connectivity index (χ2v) is 8.36. The maximum Gasteiger partial charge on any atom is 0.262 e. The topological polar surface area (TPSA) is 54.7 Å². The van der Waals surface area contributed by atoms with Crippen LogP contribution < -0.4 is 0 Å². The Labute approximate surface area is 132 Å². The van der Waals surface area contributed by atoms with Gasteiger partial charge < -0.3 is 0 Å². The summed E-state index contributed by atoms with van der Waals surface area (Å²) in [4.78, 5) is 4.67. The quantitative estimate of drug-likeness (QED) is 0.801. The molecule has 2 heterocycles. The highest BCUT2D eigenvalue weighted by Gasteiger charge is 2.32. The number of sulfonamides is 1. The standard InChI is InChI=1S/C11H16ClN3O2S3/c1-4-8(7-18-3)14(2)20(16,17)10-9(12)13-11-15(10)5-6-19-11/h5-6,8H,4,7H2,1-3H3. The van der Waals surface area contributed by atoms with Crippen molar-refractivity contribution >= 4 is 49.7 Å². The van der Waals surface area contributed by atoms with Crippen LogP contribution in [0.15, 0.2) is 16.6 Å². The molecule has 0 saturated carbocycles. The minimum Gasteiger partial charge on any atom is -0.279 e. The average Bonchev–Trinajstić information content (AvgIpc) is 2.94. The normalized spacial score (nSPS) is 14.2. The van der Waals surface area contributed by atoms with E-state index in [0.717, 1.165) is 12.2 Å². The number of thiazole rings is 1. The van der Waals surface area contributed by atoms with Gasteiger partial charge in [-0.15, -0.1) is 11.3 Å². The third-order valence-electron chi connectivity index (χ3n) is 3.15. The average molecular weight is 354 g/mol. The van der Waals surface area contributed by atoms with Crippen molar-refractivity contribution in [3.63, 3.8) is 0 Å². The fourth-order valence-electron chi connectivity index (χ4n) is 1.97. The summed E-state index contributed by atoms with van der Waals surface area (Å²) < 4.78 is 28.5. The van der Waals surface area contributed by atoms with E-state index in [1.807, 2.05) is 13.2 Å². The molecule has 0 spiro atoms. The molecule has 0 amide bonds. The van der Waals surface area contributed by atoms with E-state index < -0.39 is 10.0 Å². The van der Waals surface area contributed by atoms with E-state index in [1.165, 1.54) is 20.0 Å². The number of fused-ring (bicyclic) bond motifs is 1. The van der Waals surface area contributed by atoms with Crippen molar-refractivity contribution in [3.05, 3.63) is 16.7 Å². The minimum atomic E-state index is -3.66. The first kappa shape index (κ1) is 16.1. The predicted molar refractivity (Wildman–Crippen MR) is 85.5 cm³/mol. The molecule has 20 heavy (non-hydrogen) atoms. The summed E-state index contributed by atoms with van der Waals surface area (Å²) in [5.74, 6) is 0.745. The van der Waals surface area contributed by atoms with E-state index in [1.54, 1.807) is 30.4 Å². The number of rotatable bonds is 6. The fourth-order valence-corrected chi connectivity index (χ4v) is 5.74. The summed E-state index contributed by atoms with van der Waals surface area (Å²) in [5, 5.41) is 1.87. The van der Waals surface area contributed by atoms with Crippen molar-refractivity contribution in [1.82, 2.24) is 13.7 Å². The molecule has 0 aliphatic heterocycles. The molecular formula is C11H16ClN3O2S3. The van der Waals surface area contributed by atoms with Crippen molar-refractivity contribution in [2.24, 2.45) is 0 Å². The number of nitrogens with zero attached hydrogens (tertiary/aromatic N) is 3. The van der Waals surface area contributed by atoms with Gasteiger partial charge >= 0.3 is 0 Å². The molecule has 9 heteroatoms. The lowest BCUT2D eigenvalue weighted by atomic mass is 10.3. The van der Waals surface area contributed by atoms with E-state index in [-0.39, 0.29) is 16.2 Å². The molecule has 0 radical (unpaired) electrons. The third-order valence-corrected chi connectivity index (χ3v) is 6.93. The summed E-state index contributed by atoms with van der Waals surface area (Å²) >= 11 is 9.01. The highest BCUT2D eigenvalue weighted by molar-refractivity contribution is 7.98. The van der Waals surface area contributed by atoms with Crippen LogP contribution in [0.1, 0.15) is 13.3 Å². The number of imidazole rings is 1. The second-order valence-electron chi connectivity index (χ2n) is 4.30.